The summed E-state index contributed by atoms with van der Waals surface area (Å²) < 4.78 is 23.2. The number of thiol groups is 1. The van der Waals surface area contributed by atoms with Gasteiger partial charge in [0.25, 0.3) is 5.69 Å². The molecule has 8 nitrogen and oxygen atoms in total. The Bertz CT molecular complexity index is 989. The molecule has 0 saturated carbocycles. The topological polar surface area (TPSA) is 108 Å². The zero-order chi connectivity index (χ0) is 18.0. The molecule has 0 bridgehead atoms. The number of nitro benzene ring substituents is 1. The Morgan fingerprint density at radius 1 is 1.12 bits per heavy atom. The van der Waals surface area contributed by atoms with E-state index in [0.29, 0.717) is 22.6 Å². The molecule has 0 saturated heterocycles. The zero-order valence-electron chi connectivity index (χ0n) is 12.6. The Kier molecular flexibility index (Phi) is 4.77. The summed E-state index contributed by atoms with van der Waals surface area (Å²) in [5.41, 5.74) is 2.25. The minimum Gasteiger partial charge on any atom is -0.296 e. The van der Waals surface area contributed by atoms with Gasteiger partial charge in [-0.2, -0.15) is 0 Å². The van der Waals surface area contributed by atoms with Crippen molar-refractivity contribution in [2.45, 2.75) is 5.75 Å². The highest BCUT2D eigenvalue weighted by Gasteiger charge is 2.15. The van der Waals surface area contributed by atoms with E-state index < -0.39 is 15.6 Å². The lowest BCUT2D eigenvalue weighted by Crippen LogP contribution is -1.99. The number of hydrogen-bond acceptors (Lipinski definition) is 6. The fourth-order valence-corrected chi connectivity index (χ4v) is 3.00. The highest BCUT2D eigenvalue weighted by Crippen LogP contribution is 2.30. The summed E-state index contributed by atoms with van der Waals surface area (Å²) in [6.45, 7) is 0. The van der Waals surface area contributed by atoms with Gasteiger partial charge in [-0.05, 0) is 24.3 Å². The minimum absolute atomic E-state index is 0.0244. The van der Waals surface area contributed by atoms with E-state index in [1.807, 2.05) is 0 Å². The van der Waals surface area contributed by atoms with Crippen LogP contribution < -0.4 is 0 Å². The van der Waals surface area contributed by atoms with Gasteiger partial charge in [-0.1, -0.05) is 11.6 Å². The lowest BCUT2D eigenvalue weighted by Gasteiger charge is -2.09. The lowest BCUT2D eigenvalue weighted by molar-refractivity contribution is -0.384. The van der Waals surface area contributed by atoms with Crippen LogP contribution in [0, 0.1) is 10.1 Å². The van der Waals surface area contributed by atoms with Crippen LogP contribution in [0.2, 0.25) is 5.15 Å². The third-order valence-electron chi connectivity index (χ3n) is 3.45. The van der Waals surface area contributed by atoms with Crippen LogP contribution in [0.3, 0.4) is 0 Å². The quantitative estimate of drug-likeness (QED) is 0.415. The molecule has 3 rings (SSSR count). The van der Waals surface area contributed by atoms with Crippen molar-refractivity contribution in [1.82, 2.24) is 14.5 Å². The van der Waals surface area contributed by atoms with E-state index >= 15 is 0 Å². The van der Waals surface area contributed by atoms with Crippen molar-refractivity contribution in [3.8, 4) is 16.9 Å². The molecule has 0 aliphatic rings. The first-order chi connectivity index (χ1) is 12.0. The molecule has 0 unspecified atom stereocenters. The molecular weight excluding hydrogens is 368 g/mol. The summed E-state index contributed by atoms with van der Waals surface area (Å²) in [4.78, 5) is 18.5. The summed E-state index contributed by atoms with van der Waals surface area (Å²) in [6.07, 6.45) is 3.02. The summed E-state index contributed by atoms with van der Waals surface area (Å²) in [5.74, 6) is -0.129. The Labute approximate surface area is 148 Å². The molecule has 0 fully saturated rings. The molecule has 0 aliphatic heterocycles. The molecule has 10 heteroatoms. The zero-order valence-corrected chi connectivity index (χ0v) is 14.2. The van der Waals surface area contributed by atoms with Crippen molar-refractivity contribution in [3.05, 3.63) is 69.9 Å². The Hall–Kier alpha value is -2.78. The molecule has 1 aromatic carbocycles. The van der Waals surface area contributed by atoms with Crippen LogP contribution >= 0.6 is 11.6 Å². The number of hydrogen-bond donors (Lipinski definition) is 1. The second kappa shape index (κ2) is 6.99. The molecule has 2 heterocycles. The van der Waals surface area contributed by atoms with Crippen LogP contribution in [0.4, 0.5) is 5.69 Å². The highest BCUT2D eigenvalue weighted by molar-refractivity contribution is 7.71. The molecule has 0 amide bonds. The van der Waals surface area contributed by atoms with Crippen LogP contribution in [0.15, 0.2) is 48.9 Å². The number of non-ortho nitro benzene ring substituents is 1. The largest absolute Gasteiger partial charge is 0.296 e. The summed E-state index contributed by atoms with van der Waals surface area (Å²) >= 11 is 6.17. The van der Waals surface area contributed by atoms with Crippen molar-refractivity contribution in [2.24, 2.45) is 0 Å². The normalized spacial score (nSPS) is 11.0. The molecule has 3 aromatic rings. The van der Waals surface area contributed by atoms with E-state index in [2.05, 4.69) is 9.97 Å². The average molecular weight is 379 g/mol. The summed E-state index contributed by atoms with van der Waals surface area (Å²) in [5, 5.41) is 11.0. The highest BCUT2D eigenvalue weighted by atomic mass is 35.5. The number of pyridine rings is 1. The first kappa shape index (κ1) is 17.1. The van der Waals surface area contributed by atoms with Crippen molar-refractivity contribution in [3.63, 3.8) is 0 Å². The van der Waals surface area contributed by atoms with E-state index in [1.54, 1.807) is 28.8 Å². The van der Waals surface area contributed by atoms with E-state index in [-0.39, 0.29) is 16.6 Å². The molecule has 128 valence electrons. The molecule has 0 atom stereocenters. The maximum absolute atomic E-state index is 10.8. The van der Waals surface area contributed by atoms with E-state index in [9.17, 15) is 18.5 Å². The third-order valence-corrected chi connectivity index (χ3v) is 4.31. The number of rotatable bonds is 5. The standard InChI is InChI=1S/C15H11ClN4O4S/c16-15-14(10-1-4-12(5-2-10)20(21)22)19(9-18-15)13-6-3-11(17-7-13)8-25(23)24/h1-7,9,25H,8H2. The number of nitro groups is 1. The van der Waals surface area contributed by atoms with Crippen molar-refractivity contribution in [2.75, 3.05) is 0 Å². The lowest BCUT2D eigenvalue weighted by atomic mass is 10.1. The second-order valence-electron chi connectivity index (χ2n) is 5.06. The fourth-order valence-electron chi connectivity index (χ4n) is 2.31. The summed E-state index contributed by atoms with van der Waals surface area (Å²) in [6, 6.07) is 9.25. The van der Waals surface area contributed by atoms with Crippen LogP contribution in [0.1, 0.15) is 5.69 Å². The maximum atomic E-state index is 10.8. The number of aromatic nitrogens is 3. The smallest absolute Gasteiger partial charge is 0.269 e. The van der Waals surface area contributed by atoms with Gasteiger partial charge in [0.15, 0.2) is 5.15 Å². The van der Waals surface area contributed by atoms with Crippen LogP contribution in [-0.2, 0) is 16.5 Å². The fraction of sp³-hybridized carbons (Fsp3) is 0.0667. The SMILES string of the molecule is O=[N+]([O-])c1ccc(-c2c(Cl)ncn2-c2ccc(C[SH](=O)=O)nc2)cc1. The Morgan fingerprint density at radius 3 is 2.40 bits per heavy atom. The average Bonchev–Trinajstić information content (AvgIpc) is 2.96. The summed E-state index contributed by atoms with van der Waals surface area (Å²) in [7, 11) is -2.55. The first-order valence-corrected chi connectivity index (χ1v) is 8.74. The van der Waals surface area contributed by atoms with Gasteiger partial charge in [0.05, 0.1) is 33.9 Å². The molecule has 25 heavy (non-hydrogen) atoms. The third kappa shape index (κ3) is 3.67. The first-order valence-electron chi connectivity index (χ1n) is 7.00. The van der Waals surface area contributed by atoms with Gasteiger partial charge >= 0.3 is 0 Å². The molecular formula is C15H11ClN4O4S. The van der Waals surface area contributed by atoms with Crippen molar-refractivity contribution < 1.29 is 13.3 Å². The van der Waals surface area contributed by atoms with Crippen molar-refractivity contribution in [1.29, 1.82) is 0 Å². The van der Waals surface area contributed by atoms with Crippen LogP contribution in [-0.4, -0.2) is 27.9 Å². The molecule has 0 aliphatic carbocycles. The van der Waals surface area contributed by atoms with E-state index in [1.165, 1.54) is 24.7 Å². The van der Waals surface area contributed by atoms with Crippen LogP contribution in [0.25, 0.3) is 16.9 Å². The number of nitrogens with zero attached hydrogens (tertiary/aromatic N) is 4. The minimum atomic E-state index is -2.55. The maximum Gasteiger partial charge on any atom is 0.269 e. The van der Waals surface area contributed by atoms with E-state index in [4.69, 9.17) is 11.6 Å². The monoisotopic (exact) mass is 378 g/mol. The number of imidazole rings is 1. The van der Waals surface area contributed by atoms with Crippen LogP contribution in [0.5, 0.6) is 0 Å². The van der Waals surface area contributed by atoms with Crippen molar-refractivity contribution >= 4 is 28.0 Å². The van der Waals surface area contributed by atoms with Gasteiger partial charge in [-0.3, -0.25) is 19.7 Å². The molecule has 2 aromatic heterocycles. The molecule has 0 radical (unpaired) electrons. The molecule has 0 spiro atoms. The predicted molar refractivity (Wildman–Crippen MR) is 92.5 cm³/mol. The van der Waals surface area contributed by atoms with Gasteiger partial charge in [0.1, 0.15) is 17.0 Å². The van der Waals surface area contributed by atoms with Gasteiger partial charge in [-0.15, -0.1) is 0 Å². The van der Waals surface area contributed by atoms with Gasteiger partial charge < -0.3 is 0 Å². The Morgan fingerprint density at radius 2 is 1.84 bits per heavy atom. The number of benzene rings is 1. The van der Waals surface area contributed by atoms with Gasteiger partial charge in [0.2, 0.25) is 0 Å². The van der Waals surface area contributed by atoms with E-state index in [0.717, 1.165) is 0 Å². The molecule has 0 N–H and O–H groups in total. The van der Waals surface area contributed by atoms with Gasteiger partial charge in [0, 0.05) is 17.7 Å². The second-order valence-corrected chi connectivity index (χ2v) is 6.40. The Balaban J connectivity index is 2.00. The number of halogens is 1. The van der Waals surface area contributed by atoms with Gasteiger partial charge in [-0.25, -0.2) is 13.4 Å². The predicted octanol–water partition coefficient (Wildman–Crippen LogP) is 2.61.